The third-order valence-corrected chi connectivity index (χ3v) is 13.1. The van der Waals surface area contributed by atoms with Gasteiger partial charge in [-0.3, -0.25) is 9.59 Å². The Morgan fingerprint density at radius 3 is 2.47 bits per heavy atom. The number of phenolic OH excluding ortho intramolecular Hbond substituents is 1. The van der Waals surface area contributed by atoms with Crippen molar-refractivity contribution < 1.29 is 29.6 Å². The molecule has 0 radical (unpaired) electrons. The maximum Gasteiger partial charge on any atom is 0.349 e. The summed E-state index contributed by atoms with van der Waals surface area (Å²) in [5.74, 6) is -0.240. The second-order valence-electron chi connectivity index (χ2n) is 13.4. The predicted octanol–water partition coefficient (Wildman–Crippen LogP) is 5.15. The fourth-order valence-corrected chi connectivity index (χ4v) is 10.3. The van der Waals surface area contributed by atoms with E-state index in [0.29, 0.717) is 56.6 Å². The lowest BCUT2D eigenvalue weighted by molar-refractivity contribution is -0.170. The number of carbonyl (C=O) groups is 2. The molecule has 3 aromatic heterocycles. The number of phenols is 1. The van der Waals surface area contributed by atoms with Gasteiger partial charge >= 0.3 is 10.8 Å². The second kappa shape index (κ2) is 15.0. The number of anilines is 1. The second-order valence-corrected chi connectivity index (χ2v) is 16.2. The van der Waals surface area contributed by atoms with E-state index in [2.05, 4.69) is 20.5 Å². The van der Waals surface area contributed by atoms with Crippen LogP contribution in [0.2, 0.25) is 0 Å². The summed E-state index contributed by atoms with van der Waals surface area (Å²) >= 11 is 3.62. The molecule has 1 amide bonds. The molecule has 2 bridgehead atoms. The smallest absolute Gasteiger partial charge is 0.349 e. The number of benzene rings is 2. The molecule has 0 spiro atoms. The number of rotatable bonds is 14. The normalized spacial score (nSPS) is 20.6. The SMILES string of the molecule is CN(CCC(=O)Nc1ccc(CNC[C@@H](O)c2ccc(O)c3[nH]c(=O)sc23)cc1)[C@H]1[C@H]2CC[C@@H]1[C@H](OC(=O)C(O)(c1cccs1)c1cccs1)C2. The number of nitrogens with zero attached hydrogens (tertiary/aromatic N) is 1. The molecular formula is C37H40N4O7S3. The maximum absolute atomic E-state index is 13.6. The van der Waals surface area contributed by atoms with Crippen LogP contribution in [0.1, 0.15) is 52.7 Å². The van der Waals surface area contributed by atoms with Crippen LogP contribution in [0.5, 0.6) is 5.75 Å². The lowest BCUT2D eigenvalue weighted by atomic mass is 9.96. The number of carbonyl (C=O) groups excluding carboxylic acids is 2. The highest BCUT2D eigenvalue weighted by molar-refractivity contribution is 7.16. The molecule has 51 heavy (non-hydrogen) atoms. The van der Waals surface area contributed by atoms with Gasteiger partial charge in [0.2, 0.25) is 11.5 Å². The van der Waals surface area contributed by atoms with Crippen molar-refractivity contribution in [2.75, 3.05) is 25.5 Å². The van der Waals surface area contributed by atoms with Crippen LogP contribution in [0.3, 0.4) is 0 Å². The zero-order valence-electron chi connectivity index (χ0n) is 27.9. The van der Waals surface area contributed by atoms with Crippen molar-refractivity contribution in [2.24, 2.45) is 11.8 Å². The number of aromatic hydroxyl groups is 1. The highest BCUT2D eigenvalue weighted by Gasteiger charge is 2.53. The molecule has 14 heteroatoms. The van der Waals surface area contributed by atoms with Gasteiger partial charge in [0, 0.05) is 49.3 Å². The Balaban J connectivity index is 0.873. The van der Waals surface area contributed by atoms with Gasteiger partial charge in [0.1, 0.15) is 17.4 Å². The first-order chi connectivity index (χ1) is 24.6. The first-order valence-corrected chi connectivity index (χ1v) is 19.5. The molecule has 268 valence electrons. The molecule has 5 atom stereocenters. The molecule has 5 aromatic rings. The van der Waals surface area contributed by atoms with E-state index in [1.54, 1.807) is 18.2 Å². The molecule has 0 aliphatic heterocycles. The summed E-state index contributed by atoms with van der Waals surface area (Å²) in [5.41, 5.74) is 0.739. The number of aliphatic hydroxyl groups is 2. The highest BCUT2D eigenvalue weighted by atomic mass is 32.1. The number of aliphatic hydroxyl groups excluding tert-OH is 1. The quantitative estimate of drug-likeness (QED) is 0.0844. The van der Waals surface area contributed by atoms with Crippen molar-refractivity contribution in [3.63, 3.8) is 0 Å². The molecule has 7 rings (SSSR count). The average molecular weight is 749 g/mol. The number of amides is 1. The van der Waals surface area contributed by atoms with Crippen LogP contribution in [0.25, 0.3) is 10.2 Å². The van der Waals surface area contributed by atoms with E-state index in [-0.39, 0.29) is 41.1 Å². The number of nitrogens with one attached hydrogen (secondary N) is 3. The summed E-state index contributed by atoms with van der Waals surface area (Å²) in [7, 11) is 2.03. The number of esters is 1. The number of aromatic amines is 1. The zero-order valence-corrected chi connectivity index (χ0v) is 30.4. The molecule has 2 aliphatic rings. The van der Waals surface area contributed by atoms with Gasteiger partial charge in [-0.05, 0) is 78.9 Å². The number of thiazole rings is 1. The summed E-state index contributed by atoms with van der Waals surface area (Å²) in [6.45, 7) is 1.30. The Morgan fingerprint density at radius 2 is 1.78 bits per heavy atom. The third-order valence-electron chi connectivity index (χ3n) is 10.2. The first-order valence-electron chi connectivity index (χ1n) is 17.0. The molecule has 0 saturated heterocycles. The van der Waals surface area contributed by atoms with Crippen LogP contribution in [0.15, 0.2) is 76.2 Å². The summed E-state index contributed by atoms with van der Waals surface area (Å²) < 4.78 is 6.65. The van der Waals surface area contributed by atoms with E-state index in [0.717, 1.165) is 36.2 Å². The van der Waals surface area contributed by atoms with Crippen molar-refractivity contribution >= 4 is 61.8 Å². The number of hydrogen-bond acceptors (Lipinski definition) is 12. The summed E-state index contributed by atoms with van der Waals surface area (Å²) in [6.07, 6.45) is 1.90. The van der Waals surface area contributed by atoms with Crippen molar-refractivity contribution in [1.82, 2.24) is 15.2 Å². The summed E-state index contributed by atoms with van der Waals surface area (Å²) in [5, 5.41) is 42.3. The van der Waals surface area contributed by atoms with E-state index in [4.69, 9.17) is 4.74 Å². The topological polar surface area (TPSA) is 164 Å². The van der Waals surface area contributed by atoms with Crippen LogP contribution in [-0.4, -0.2) is 69.4 Å². The number of fused-ring (bicyclic) bond motifs is 3. The van der Waals surface area contributed by atoms with E-state index < -0.39 is 17.7 Å². The van der Waals surface area contributed by atoms with Crippen molar-refractivity contribution in [2.45, 2.75) is 56.1 Å². The van der Waals surface area contributed by atoms with Crippen LogP contribution >= 0.6 is 34.0 Å². The van der Waals surface area contributed by atoms with Gasteiger partial charge in [0.05, 0.1) is 20.6 Å². The third kappa shape index (κ3) is 7.27. The van der Waals surface area contributed by atoms with Gasteiger partial charge < -0.3 is 40.6 Å². The van der Waals surface area contributed by atoms with Crippen molar-refractivity contribution in [3.05, 3.63) is 102 Å². The van der Waals surface area contributed by atoms with Crippen LogP contribution < -0.4 is 15.5 Å². The van der Waals surface area contributed by atoms with Gasteiger partial charge in [-0.2, -0.15) is 0 Å². The number of aromatic nitrogens is 1. The maximum atomic E-state index is 13.6. The Hall–Kier alpha value is -3.89. The molecule has 2 aromatic carbocycles. The van der Waals surface area contributed by atoms with Crippen LogP contribution in [-0.2, 0) is 26.5 Å². The van der Waals surface area contributed by atoms with Crippen molar-refractivity contribution in [1.29, 1.82) is 0 Å². The molecular weight excluding hydrogens is 709 g/mol. The Labute approximate surface area is 306 Å². The Bertz CT molecular complexity index is 1990. The van der Waals surface area contributed by atoms with Gasteiger partial charge in [-0.15, -0.1) is 22.7 Å². The fraction of sp³-hybridized carbons (Fsp3) is 0.378. The lowest BCUT2D eigenvalue weighted by Gasteiger charge is -2.31. The molecule has 11 nitrogen and oxygen atoms in total. The van der Waals surface area contributed by atoms with Gasteiger partial charge in [-0.1, -0.05) is 41.7 Å². The molecule has 2 aliphatic carbocycles. The van der Waals surface area contributed by atoms with E-state index in [1.165, 1.54) is 28.7 Å². The molecule has 3 heterocycles. The lowest BCUT2D eigenvalue weighted by Crippen LogP contribution is -2.42. The largest absolute Gasteiger partial charge is 0.506 e. The summed E-state index contributed by atoms with van der Waals surface area (Å²) in [6, 6.07) is 18.0. The molecule has 2 fully saturated rings. The molecule has 0 unspecified atom stereocenters. The summed E-state index contributed by atoms with van der Waals surface area (Å²) in [4.78, 5) is 43.9. The predicted molar refractivity (Wildman–Crippen MR) is 199 cm³/mol. The monoisotopic (exact) mass is 748 g/mol. The van der Waals surface area contributed by atoms with Gasteiger partial charge in [-0.25, -0.2) is 4.79 Å². The number of H-pyrrole nitrogens is 1. The molecule has 6 N–H and O–H groups in total. The highest BCUT2D eigenvalue weighted by Crippen LogP contribution is 2.49. The Kier molecular flexibility index (Phi) is 10.4. The minimum Gasteiger partial charge on any atom is -0.506 e. The van der Waals surface area contributed by atoms with Crippen LogP contribution in [0, 0.1) is 11.8 Å². The number of thiophene rings is 2. The van der Waals surface area contributed by atoms with E-state index >= 15 is 0 Å². The fourth-order valence-electron chi connectivity index (χ4n) is 7.69. The Morgan fingerprint density at radius 1 is 1.06 bits per heavy atom. The minimum absolute atomic E-state index is 0.0314. The van der Waals surface area contributed by atoms with E-state index in [9.17, 15) is 29.7 Å². The van der Waals surface area contributed by atoms with E-state index in [1.807, 2.05) is 54.2 Å². The van der Waals surface area contributed by atoms with Crippen molar-refractivity contribution in [3.8, 4) is 5.75 Å². The van der Waals surface area contributed by atoms with Crippen LogP contribution in [0.4, 0.5) is 5.69 Å². The number of hydrogen-bond donors (Lipinski definition) is 6. The van der Waals surface area contributed by atoms with Gasteiger partial charge in [0.25, 0.3) is 0 Å². The van der Waals surface area contributed by atoms with Gasteiger partial charge in [0.15, 0.2) is 0 Å². The number of ether oxygens (including phenoxy) is 1. The average Bonchev–Trinajstić information content (AvgIpc) is 3.97. The first kappa shape index (κ1) is 35.5. The molecule has 2 saturated carbocycles. The zero-order chi connectivity index (χ0) is 35.7. The standard InChI is InChI=1S/C37H40N4O7S3/c1-41(33-22-8-11-25(33)28(18-22)48-35(45)37(47,29-4-2-16-49-29)30-5-3-17-50-30)15-14-31(44)39-23-9-6-21(7-10-23)19-38-20-27(43)24-12-13-26(42)32-34(24)51-36(46)40-32/h2-7,9-10,12-13,16-17,22,25,27-28,33,38,42-43,47H,8,11,14-15,18-20H2,1H3,(H,39,44)(H,40,46)/t22-,25+,27+,28+,33-/m0/s1. The minimum atomic E-state index is -1.82.